The Kier molecular flexibility index (Phi) is 6.54. The van der Waals surface area contributed by atoms with E-state index in [0.29, 0.717) is 42.7 Å². The third kappa shape index (κ3) is 5.05. The minimum absolute atomic E-state index is 0.153. The van der Waals surface area contributed by atoms with Crippen LogP contribution in [0, 0.1) is 12.8 Å². The molecule has 2 aromatic rings. The van der Waals surface area contributed by atoms with Crippen LogP contribution in [0.4, 0.5) is 22.7 Å². The van der Waals surface area contributed by atoms with E-state index in [2.05, 4.69) is 30.1 Å². The molecule has 2 fully saturated rings. The Bertz CT molecular complexity index is 930. The van der Waals surface area contributed by atoms with Crippen LogP contribution < -0.4 is 15.1 Å². The number of nitrogens with one attached hydrogen (secondary N) is 1. The zero-order chi connectivity index (χ0) is 22.0. The second-order valence-electron chi connectivity index (χ2n) is 8.13. The Morgan fingerprint density at radius 2 is 1.87 bits per heavy atom. The molecule has 11 heteroatoms. The van der Waals surface area contributed by atoms with Gasteiger partial charge in [-0.3, -0.25) is 5.32 Å². The number of hydrogen-bond donors (Lipinski definition) is 4. The summed E-state index contributed by atoms with van der Waals surface area (Å²) in [5.41, 5.74) is 0.447. The van der Waals surface area contributed by atoms with Crippen LogP contribution in [-0.4, -0.2) is 75.1 Å². The zero-order valence-corrected chi connectivity index (χ0v) is 18.3. The molecule has 2 aliphatic rings. The quantitative estimate of drug-likeness (QED) is 0.518. The van der Waals surface area contributed by atoms with Gasteiger partial charge < -0.3 is 25.1 Å². The number of carboxylic acid groups (broad SMARTS) is 1. The van der Waals surface area contributed by atoms with Gasteiger partial charge >= 0.3 is 5.97 Å². The van der Waals surface area contributed by atoms with E-state index in [1.54, 1.807) is 6.92 Å². The van der Waals surface area contributed by atoms with Gasteiger partial charge in [-0.25, -0.2) is 9.78 Å². The van der Waals surface area contributed by atoms with Gasteiger partial charge in [-0.05, 0) is 38.5 Å². The molecule has 0 bridgehead atoms. The summed E-state index contributed by atoms with van der Waals surface area (Å²) >= 11 is 1.05. The highest BCUT2D eigenvalue weighted by atomic mass is 32.1. The molecule has 2 aliphatic heterocycles. The van der Waals surface area contributed by atoms with Gasteiger partial charge in [-0.2, -0.15) is 9.97 Å². The number of aliphatic hydroxyl groups excluding tert-OH is 2. The topological polar surface area (TPSA) is 135 Å². The Hall–Kier alpha value is -2.50. The summed E-state index contributed by atoms with van der Waals surface area (Å²) in [6.45, 7) is 4.80. The maximum atomic E-state index is 11.4. The molecule has 0 spiro atoms. The second kappa shape index (κ2) is 9.33. The average Bonchev–Trinajstić information content (AvgIpc) is 3.14. The van der Waals surface area contributed by atoms with E-state index in [0.717, 1.165) is 48.9 Å². The highest BCUT2D eigenvalue weighted by molar-refractivity contribution is 7.17. The van der Waals surface area contributed by atoms with Crippen molar-refractivity contribution in [3.8, 4) is 0 Å². The molecule has 0 radical (unpaired) electrons. The summed E-state index contributed by atoms with van der Waals surface area (Å²) in [4.78, 5) is 29.5. The molecule has 1 atom stereocenters. The minimum Gasteiger partial charge on any atom is -0.477 e. The maximum absolute atomic E-state index is 11.4. The van der Waals surface area contributed by atoms with Gasteiger partial charge in [0.15, 0.2) is 5.13 Å². The molecule has 2 saturated heterocycles. The molecule has 0 aliphatic carbocycles. The Morgan fingerprint density at radius 1 is 1.16 bits per heavy atom. The van der Waals surface area contributed by atoms with Crippen LogP contribution in [0.1, 0.15) is 41.0 Å². The lowest BCUT2D eigenvalue weighted by Crippen LogP contribution is -2.38. The fourth-order valence-corrected chi connectivity index (χ4v) is 4.86. The van der Waals surface area contributed by atoms with Gasteiger partial charge in [0.05, 0.1) is 11.8 Å². The van der Waals surface area contributed by atoms with Crippen molar-refractivity contribution in [2.45, 2.75) is 38.7 Å². The normalized spacial score (nSPS) is 20.2. The van der Waals surface area contributed by atoms with E-state index >= 15 is 0 Å². The third-order valence-corrected chi connectivity index (χ3v) is 6.86. The maximum Gasteiger partial charge on any atom is 0.347 e. The first-order valence-corrected chi connectivity index (χ1v) is 11.4. The fraction of sp³-hybridized carbons (Fsp3) is 0.600. The van der Waals surface area contributed by atoms with Crippen LogP contribution in [0.15, 0.2) is 6.07 Å². The van der Waals surface area contributed by atoms with E-state index in [1.807, 2.05) is 6.07 Å². The van der Waals surface area contributed by atoms with E-state index < -0.39 is 5.97 Å². The number of rotatable bonds is 6. The number of aryl methyl sites for hydroxylation is 1. The van der Waals surface area contributed by atoms with Crippen LogP contribution in [0.2, 0.25) is 0 Å². The van der Waals surface area contributed by atoms with Gasteiger partial charge in [0.1, 0.15) is 16.5 Å². The van der Waals surface area contributed by atoms with Crippen molar-refractivity contribution >= 4 is 40.0 Å². The first-order valence-electron chi connectivity index (χ1n) is 10.6. The molecule has 0 aromatic carbocycles. The van der Waals surface area contributed by atoms with E-state index in [9.17, 15) is 20.1 Å². The van der Waals surface area contributed by atoms with Gasteiger partial charge in [-0.15, -0.1) is 0 Å². The monoisotopic (exact) mass is 448 g/mol. The third-order valence-electron chi connectivity index (χ3n) is 5.80. The van der Waals surface area contributed by atoms with Crippen molar-refractivity contribution in [3.63, 3.8) is 0 Å². The number of piperidine rings is 2. The van der Waals surface area contributed by atoms with Gasteiger partial charge in [-0.1, -0.05) is 11.3 Å². The minimum atomic E-state index is -1.01. The fourth-order valence-electron chi connectivity index (χ4n) is 4.06. The molecule has 4 N–H and O–H groups in total. The summed E-state index contributed by atoms with van der Waals surface area (Å²) in [5, 5.41) is 32.3. The molecule has 168 valence electrons. The molecule has 0 amide bonds. The predicted molar refractivity (Wildman–Crippen MR) is 119 cm³/mol. The van der Waals surface area contributed by atoms with Crippen molar-refractivity contribution in [3.05, 3.63) is 16.6 Å². The van der Waals surface area contributed by atoms with Crippen LogP contribution in [0.25, 0.3) is 0 Å². The molecule has 31 heavy (non-hydrogen) atoms. The summed E-state index contributed by atoms with van der Waals surface area (Å²) in [5.74, 6) is 1.10. The predicted octanol–water partition coefficient (Wildman–Crippen LogP) is 1.85. The smallest absolute Gasteiger partial charge is 0.347 e. The van der Waals surface area contributed by atoms with Crippen molar-refractivity contribution < 1.29 is 20.1 Å². The van der Waals surface area contributed by atoms with Gasteiger partial charge in [0.25, 0.3) is 0 Å². The Labute approximate surface area is 184 Å². The van der Waals surface area contributed by atoms with Crippen LogP contribution >= 0.6 is 11.3 Å². The number of thiazole rings is 1. The summed E-state index contributed by atoms with van der Waals surface area (Å²) in [6.07, 6.45) is 3.07. The lowest BCUT2D eigenvalue weighted by molar-refractivity contribution is 0.0701. The molecule has 2 aromatic heterocycles. The van der Waals surface area contributed by atoms with E-state index in [4.69, 9.17) is 0 Å². The van der Waals surface area contributed by atoms with Gasteiger partial charge in [0.2, 0.25) is 5.95 Å². The van der Waals surface area contributed by atoms with E-state index in [-0.39, 0.29) is 23.5 Å². The lowest BCUT2D eigenvalue weighted by atomic mass is 9.99. The first-order chi connectivity index (χ1) is 14.9. The SMILES string of the molecule is Cc1nc(Nc2nc(N3CCC(O)CC3)cc(N3CCCC(CO)C3)n2)sc1C(=O)O. The number of carbonyl (C=O) groups is 1. The Balaban J connectivity index is 1.64. The lowest BCUT2D eigenvalue weighted by Gasteiger charge is -2.34. The van der Waals surface area contributed by atoms with Crippen LogP contribution in [0.3, 0.4) is 0 Å². The molecule has 0 saturated carbocycles. The number of carboxylic acids is 1. The number of aliphatic hydroxyl groups is 2. The van der Waals surface area contributed by atoms with Crippen molar-refractivity contribution in [2.75, 3.05) is 47.9 Å². The Morgan fingerprint density at radius 3 is 2.52 bits per heavy atom. The van der Waals surface area contributed by atoms with E-state index in [1.165, 1.54) is 0 Å². The first kappa shape index (κ1) is 21.7. The standard InChI is InChI=1S/C20H28N6O4S/c1-12-17(18(29)30)31-20(21-12)24-19-22-15(25-7-4-14(28)5-8-25)9-16(23-19)26-6-2-3-13(10-26)11-27/h9,13-14,27-28H,2-8,10-11H2,1H3,(H,29,30)(H,21,22,23,24). The summed E-state index contributed by atoms with van der Waals surface area (Å²) in [6, 6.07) is 1.96. The summed E-state index contributed by atoms with van der Waals surface area (Å²) in [7, 11) is 0. The highest BCUT2D eigenvalue weighted by Crippen LogP contribution is 2.30. The molecule has 10 nitrogen and oxygen atoms in total. The van der Waals surface area contributed by atoms with Crippen molar-refractivity contribution in [1.82, 2.24) is 15.0 Å². The van der Waals surface area contributed by atoms with Gasteiger partial charge in [0, 0.05) is 38.9 Å². The van der Waals surface area contributed by atoms with Crippen molar-refractivity contribution in [2.24, 2.45) is 5.92 Å². The molecule has 4 heterocycles. The number of anilines is 4. The second-order valence-corrected chi connectivity index (χ2v) is 9.13. The zero-order valence-electron chi connectivity index (χ0n) is 17.5. The number of aromatic carboxylic acids is 1. The summed E-state index contributed by atoms with van der Waals surface area (Å²) < 4.78 is 0. The molecule has 1 unspecified atom stereocenters. The average molecular weight is 449 g/mol. The molecular weight excluding hydrogens is 420 g/mol. The van der Waals surface area contributed by atoms with Crippen LogP contribution in [0.5, 0.6) is 0 Å². The number of nitrogens with zero attached hydrogens (tertiary/aromatic N) is 5. The molecular formula is C20H28N6O4S. The van der Waals surface area contributed by atoms with Crippen LogP contribution in [-0.2, 0) is 0 Å². The number of hydrogen-bond acceptors (Lipinski definition) is 10. The van der Waals surface area contributed by atoms with Crippen molar-refractivity contribution in [1.29, 1.82) is 0 Å². The highest BCUT2D eigenvalue weighted by Gasteiger charge is 2.24. The largest absolute Gasteiger partial charge is 0.477 e. The number of aromatic nitrogens is 3. The molecule has 4 rings (SSSR count).